The summed E-state index contributed by atoms with van der Waals surface area (Å²) in [5, 5.41) is 9.34. The third-order valence-electron chi connectivity index (χ3n) is 6.19. The summed E-state index contributed by atoms with van der Waals surface area (Å²) in [5.74, 6) is 4.08. The van der Waals surface area contributed by atoms with Crippen LogP contribution < -0.4 is 0 Å². The van der Waals surface area contributed by atoms with Crippen LogP contribution in [0.3, 0.4) is 0 Å². The Morgan fingerprint density at radius 2 is 1.71 bits per heavy atom. The average molecular weight is 236 g/mol. The molecule has 3 fully saturated rings. The number of carbonyl (C=O) groups is 1. The molecule has 0 saturated heterocycles. The van der Waals surface area contributed by atoms with Crippen molar-refractivity contribution in [1.29, 1.82) is 0 Å². The van der Waals surface area contributed by atoms with Gasteiger partial charge in [-0.15, -0.1) is 0 Å². The summed E-state index contributed by atoms with van der Waals surface area (Å²) in [6.07, 6.45) is 6.14. The van der Waals surface area contributed by atoms with Crippen molar-refractivity contribution in [2.45, 2.75) is 46.0 Å². The summed E-state index contributed by atoms with van der Waals surface area (Å²) >= 11 is 0. The Kier molecular flexibility index (Phi) is 2.72. The van der Waals surface area contributed by atoms with E-state index in [-0.39, 0.29) is 5.92 Å². The molecule has 0 aliphatic heterocycles. The van der Waals surface area contributed by atoms with Gasteiger partial charge in [0, 0.05) is 0 Å². The predicted molar refractivity (Wildman–Crippen MR) is 66.5 cm³/mol. The van der Waals surface area contributed by atoms with Crippen LogP contribution in [0.15, 0.2) is 0 Å². The van der Waals surface area contributed by atoms with Gasteiger partial charge in [0.25, 0.3) is 0 Å². The molecule has 1 unspecified atom stereocenters. The van der Waals surface area contributed by atoms with Crippen molar-refractivity contribution in [2.24, 2.45) is 41.4 Å². The van der Waals surface area contributed by atoms with Gasteiger partial charge in [0.2, 0.25) is 0 Å². The fraction of sp³-hybridized carbons (Fsp3) is 0.933. The Labute approximate surface area is 104 Å². The van der Waals surface area contributed by atoms with Gasteiger partial charge in [-0.05, 0) is 54.8 Å². The van der Waals surface area contributed by atoms with Crippen LogP contribution in [0.25, 0.3) is 0 Å². The molecule has 3 rings (SSSR count). The van der Waals surface area contributed by atoms with E-state index in [9.17, 15) is 9.90 Å². The van der Waals surface area contributed by atoms with Gasteiger partial charge in [-0.1, -0.05) is 26.7 Å². The van der Waals surface area contributed by atoms with E-state index in [2.05, 4.69) is 13.8 Å². The van der Waals surface area contributed by atoms with Crippen LogP contribution in [0.2, 0.25) is 0 Å². The van der Waals surface area contributed by atoms with Gasteiger partial charge in [0.05, 0.1) is 5.92 Å². The Balaban J connectivity index is 1.86. The van der Waals surface area contributed by atoms with Crippen LogP contribution in [-0.2, 0) is 4.79 Å². The second-order valence-corrected chi connectivity index (χ2v) is 6.57. The van der Waals surface area contributed by atoms with Crippen molar-refractivity contribution in [3.63, 3.8) is 0 Å². The lowest BCUT2D eigenvalue weighted by atomic mass is 9.70. The minimum absolute atomic E-state index is 0.00842. The van der Waals surface area contributed by atoms with Gasteiger partial charge in [-0.25, -0.2) is 0 Å². The van der Waals surface area contributed by atoms with Crippen LogP contribution in [-0.4, -0.2) is 11.1 Å². The van der Waals surface area contributed by atoms with Gasteiger partial charge >= 0.3 is 5.97 Å². The molecule has 0 spiro atoms. The van der Waals surface area contributed by atoms with E-state index in [0.717, 1.165) is 36.0 Å². The van der Waals surface area contributed by atoms with E-state index < -0.39 is 5.97 Å². The summed E-state index contributed by atoms with van der Waals surface area (Å²) in [4.78, 5) is 11.3. The Morgan fingerprint density at radius 3 is 2.29 bits per heavy atom. The summed E-state index contributed by atoms with van der Waals surface area (Å²) in [6.45, 7) is 4.61. The number of rotatable bonds is 3. The van der Waals surface area contributed by atoms with E-state index in [1.165, 1.54) is 25.7 Å². The largest absolute Gasteiger partial charge is 0.481 e. The van der Waals surface area contributed by atoms with Gasteiger partial charge in [0.1, 0.15) is 0 Å². The molecule has 17 heavy (non-hydrogen) atoms. The van der Waals surface area contributed by atoms with Crippen molar-refractivity contribution >= 4 is 5.97 Å². The monoisotopic (exact) mass is 236 g/mol. The smallest absolute Gasteiger partial charge is 0.306 e. The third-order valence-corrected chi connectivity index (χ3v) is 6.19. The standard InChI is InChI=1S/C15H24O2/c1-3-8-5-9(4-2)14-11-6-10(13(8)14)7-12(11)15(16)17/h8-14H,3-7H2,1-2H3,(H,16,17)/t8-,9+,10-,11+,12?,13-,14+/m1/s1. The number of aliphatic carboxylic acids is 1. The third kappa shape index (κ3) is 1.49. The van der Waals surface area contributed by atoms with Gasteiger partial charge < -0.3 is 5.11 Å². The highest BCUT2D eigenvalue weighted by atomic mass is 16.4. The number of carboxylic acids is 1. The predicted octanol–water partition coefficient (Wildman–Crippen LogP) is 3.42. The Bertz CT molecular complexity index is 325. The highest BCUT2D eigenvalue weighted by Crippen LogP contribution is 2.65. The lowest BCUT2D eigenvalue weighted by Gasteiger charge is -2.34. The van der Waals surface area contributed by atoms with Crippen LogP contribution in [0.4, 0.5) is 0 Å². The molecule has 7 atom stereocenters. The molecule has 0 aromatic heterocycles. The Morgan fingerprint density at radius 1 is 1.06 bits per heavy atom. The number of hydrogen-bond acceptors (Lipinski definition) is 1. The number of carboxylic acid groups (broad SMARTS) is 1. The maximum Gasteiger partial charge on any atom is 0.306 e. The fourth-order valence-corrected chi connectivity index (χ4v) is 5.68. The molecule has 0 aromatic carbocycles. The van der Waals surface area contributed by atoms with E-state index >= 15 is 0 Å². The zero-order chi connectivity index (χ0) is 12.2. The molecule has 2 nitrogen and oxygen atoms in total. The van der Waals surface area contributed by atoms with E-state index in [0.29, 0.717) is 5.92 Å². The molecule has 3 aliphatic carbocycles. The molecule has 2 heteroatoms. The van der Waals surface area contributed by atoms with Crippen molar-refractivity contribution < 1.29 is 9.90 Å². The fourth-order valence-electron chi connectivity index (χ4n) is 5.68. The SMILES string of the molecule is CC[C@@H]1C[C@H](CC)[C@@H]2[C@H]1[C@H]1CC(C(=O)O)[C@@H]2C1. The molecule has 0 radical (unpaired) electrons. The molecule has 0 aromatic rings. The number of fused-ring (bicyclic) bond motifs is 5. The zero-order valence-electron chi connectivity index (χ0n) is 10.9. The first-order chi connectivity index (χ1) is 8.17. The highest BCUT2D eigenvalue weighted by Gasteiger charge is 2.60. The summed E-state index contributed by atoms with van der Waals surface area (Å²) in [5.41, 5.74) is 0. The maximum atomic E-state index is 11.3. The van der Waals surface area contributed by atoms with Gasteiger partial charge in [-0.3, -0.25) is 4.79 Å². The van der Waals surface area contributed by atoms with Crippen LogP contribution in [0.1, 0.15) is 46.0 Å². The normalized spacial score (nSPS) is 51.8. The van der Waals surface area contributed by atoms with Gasteiger partial charge in [-0.2, -0.15) is 0 Å². The minimum Gasteiger partial charge on any atom is -0.481 e. The topological polar surface area (TPSA) is 37.3 Å². The first-order valence-corrected chi connectivity index (χ1v) is 7.40. The molecule has 96 valence electrons. The average Bonchev–Trinajstić information content (AvgIpc) is 2.98. The molecule has 2 bridgehead atoms. The van der Waals surface area contributed by atoms with Gasteiger partial charge in [0.15, 0.2) is 0 Å². The molecule has 3 aliphatic rings. The molecule has 3 saturated carbocycles. The first-order valence-electron chi connectivity index (χ1n) is 7.40. The molecular weight excluding hydrogens is 212 g/mol. The minimum atomic E-state index is -0.522. The molecule has 0 heterocycles. The van der Waals surface area contributed by atoms with Crippen molar-refractivity contribution in [3.05, 3.63) is 0 Å². The second-order valence-electron chi connectivity index (χ2n) is 6.57. The van der Waals surface area contributed by atoms with Crippen LogP contribution in [0.5, 0.6) is 0 Å². The zero-order valence-corrected chi connectivity index (χ0v) is 10.9. The molecule has 0 amide bonds. The van der Waals surface area contributed by atoms with Crippen molar-refractivity contribution in [2.75, 3.05) is 0 Å². The van der Waals surface area contributed by atoms with Crippen LogP contribution in [0, 0.1) is 41.4 Å². The van der Waals surface area contributed by atoms with Crippen molar-refractivity contribution in [3.8, 4) is 0 Å². The quantitative estimate of drug-likeness (QED) is 0.815. The Hall–Kier alpha value is -0.530. The van der Waals surface area contributed by atoms with Crippen LogP contribution >= 0.6 is 0 Å². The summed E-state index contributed by atoms with van der Waals surface area (Å²) in [6, 6.07) is 0. The molecule has 1 N–H and O–H groups in total. The first kappa shape index (κ1) is 11.6. The summed E-state index contributed by atoms with van der Waals surface area (Å²) in [7, 11) is 0. The number of hydrogen-bond donors (Lipinski definition) is 1. The maximum absolute atomic E-state index is 11.3. The van der Waals surface area contributed by atoms with E-state index in [4.69, 9.17) is 0 Å². The van der Waals surface area contributed by atoms with Crippen molar-refractivity contribution in [1.82, 2.24) is 0 Å². The highest BCUT2D eigenvalue weighted by molar-refractivity contribution is 5.71. The molecular formula is C15H24O2. The second kappa shape index (κ2) is 4.00. The summed E-state index contributed by atoms with van der Waals surface area (Å²) < 4.78 is 0. The lowest BCUT2D eigenvalue weighted by molar-refractivity contribution is -0.145. The van der Waals surface area contributed by atoms with E-state index in [1.54, 1.807) is 0 Å². The lowest BCUT2D eigenvalue weighted by Crippen LogP contribution is -2.33. The van der Waals surface area contributed by atoms with E-state index in [1.807, 2.05) is 0 Å².